The molecule has 144 valence electrons. The van der Waals surface area contributed by atoms with Gasteiger partial charge < -0.3 is 35.3 Å². The van der Waals surface area contributed by atoms with Gasteiger partial charge in [0.05, 0.1) is 28.3 Å². The molecule has 0 aliphatic rings. The largest absolute Gasteiger partial charge is 1.00 e. The minimum atomic E-state index is -1.67. The molecule has 0 fully saturated rings. The average Bonchev–Trinajstić information content (AvgIpc) is 2.61. The van der Waals surface area contributed by atoms with E-state index in [1.54, 1.807) is 0 Å². The molecule has 2 amide bonds. The molecule has 0 radical (unpaired) electrons. The minimum absolute atomic E-state index is 0. The van der Waals surface area contributed by atoms with Crippen LogP contribution in [0.1, 0.15) is 40.0 Å². The van der Waals surface area contributed by atoms with Gasteiger partial charge in [-0.1, -0.05) is 13.3 Å². The van der Waals surface area contributed by atoms with Gasteiger partial charge >= 0.3 is 65.1 Å². The number of aromatic carboxylic acids is 2. The predicted molar refractivity (Wildman–Crippen MR) is 93.6 cm³/mol. The first-order valence-electron chi connectivity index (χ1n) is 8.16. The van der Waals surface area contributed by atoms with Gasteiger partial charge in [0.1, 0.15) is 11.6 Å². The quantitative estimate of drug-likeness (QED) is 0.297. The summed E-state index contributed by atoms with van der Waals surface area (Å²) in [6, 6.07) is 2.21. The van der Waals surface area contributed by atoms with Crippen LogP contribution in [0.3, 0.4) is 0 Å². The van der Waals surface area contributed by atoms with E-state index in [0.717, 1.165) is 12.1 Å². The first-order chi connectivity index (χ1) is 13.2. The SMILES string of the molecule is CCCc1c2nc(C(=O)[O-])cc(NC(N)=O)c2cc2c(=O)cc(C(=O)[O-])oc12.[Na+].[Na+]. The Hall–Kier alpha value is -1.95. The van der Waals surface area contributed by atoms with E-state index in [-0.39, 0.29) is 93.1 Å². The van der Waals surface area contributed by atoms with Gasteiger partial charge in [-0.25, -0.2) is 9.78 Å². The van der Waals surface area contributed by atoms with Crippen LogP contribution >= 0.6 is 0 Å². The molecule has 0 saturated heterocycles. The standard InChI is InChI=1S/C18H15N3O7.2Na/c1-2-3-7-14-8(10(21-18(19)27)5-11(20-14)16(23)24)4-9-12(22)6-13(17(25)26)28-15(7)9;;/h4-6H,2-3H2,1H3,(H,23,24)(H,25,26)(H3,19,20,21,27);;/q;2*+1/p-2. The van der Waals surface area contributed by atoms with Gasteiger partial charge in [-0.3, -0.25) is 4.79 Å². The van der Waals surface area contributed by atoms with E-state index in [2.05, 4.69) is 10.3 Å². The van der Waals surface area contributed by atoms with Crippen molar-refractivity contribution in [2.45, 2.75) is 19.8 Å². The van der Waals surface area contributed by atoms with E-state index in [4.69, 9.17) is 10.2 Å². The molecule has 0 unspecified atom stereocenters. The Labute approximate surface area is 213 Å². The summed E-state index contributed by atoms with van der Waals surface area (Å²) in [6.45, 7) is 1.82. The van der Waals surface area contributed by atoms with Gasteiger partial charge in [0.15, 0.2) is 11.2 Å². The normalized spacial score (nSPS) is 10.2. The van der Waals surface area contributed by atoms with Crippen LogP contribution in [0.15, 0.2) is 27.4 Å². The fourth-order valence-electron chi connectivity index (χ4n) is 2.97. The van der Waals surface area contributed by atoms with Crippen molar-refractivity contribution in [1.29, 1.82) is 0 Å². The van der Waals surface area contributed by atoms with E-state index < -0.39 is 34.9 Å². The number of carboxylic acids is 2. The second-order valence-corrected chi connectivity index (χ2v) is 5.97. The third-order valence-corrected chi connectivity index (χ3v) is 4.06. The molecule has 2 aromatic heterocycles. The smallest absolute Gasteiger partial charge is 0.543 e. The van der Waals surface area contributed by atoms with Crippen molar-refractivity contribution in [3.8, 4) is 0 Å². The third kappa shape index (κ3) is 5.02. The summed E-state index contributed by atoms with van der Waals surface area (Å²) in [4.78, 5) is 50.3. The number of aromatic nitrogens is 1. The van der Waals surface area contributed by atoms with Gasteiger partial charge in [0.25, 0.3) is 0 Å². The fourth-order valence-corrected chi connectivity index (χ4v) is 2.97. The molecule has 0 saturated carbocycles. The van der Waals surface area contributed by atoms with Crippen molar-refractivity contribution in [3.05, 3.63) is 45.4 Å². The molecule has 2 heterocycles. The third-order valence-electron chi connectivity index (χ3n) is 4.06. The van der Waals surface area contributed by atoms with Crippen LogP contribution in [-0.2, 0) is 6.42 Å². The first-order valence-corrected chi connectivity index (χ1v) is 8.16. The zero-order valence-electron chi connectivity index (χ0n) is 16.5. The molecule has 0 bridgehead atoms. The molecule has 0 aliphatic carbocycles. The molecular weight excluding hydrogens is 416 g/mol. The van der Waals surface area contributed by atoms with Crippen molar-refractivity contribution >= 4 is 45.5 Å². The van der Waals surface area contributed by atoms with Crippen LogP contribution in [0.25, 0.3) is 21.9 Å². The van der Waals surface area contributed by atoms with Crippen molar-refractivity contribution in [3.63, 3.8) is 0 Å². The van der Waals surface area contributed by atoms with Crippen LogP contribution < -0.4 is 85.8 Å². The van der Waals surface area contributed by atoms with E-state index in [1.165, 1.54) is 6.07 Å². The average molecular weight is 429 g/mol. The summed E-state index contributed by atoms with van der Waals surface area (Å²) in [7, 11) is 0. The summed E-state index contributed by atoms with van der Waals surface area (Å²) in [5, 5.41) is 25.1. The first kappa shape index (κ1) is 26.1. The number of nitrogens with two attached hydrogens (primary N) is 1. The van der Waals surface area contributed by atoms with Crippen molar-refractivity contribution in [2.75, 3.05) is 5.32 Å². The molecule has 10 nitrogen and oxygen atoms in total. The molecule has 3 rings (SSSR count). The maximum Gasteiger partial charge on any atom is 1.00 e. The molecule has 0 spiro atoms. The molecule has 0 aliphatic heterocycles. The Morgan fingerprint density at radius 2 is 1.77 bits per heavy atom. The minimum Gasteiger partial charge on any atom is -0.543 e. The Kier molecular flexibility index (Phi) is 9.03. The van der Waals surface area contributed by atoms with Gasteiger partial charge in [-0.15, -0.1) is 0 Å². The number of urea groups is 1. The number of anilines is 1. The molecule has 3 N–H and O–H groups in total. The Morgan fingerprint density at radius 1 is 1.10 bits per heavy atom. The van der Waals surface area contributed by atoms with Crippen molar-refractivity contribution in [2.24, 2.45) is 5.73 Å². The Balaban J connectivity index is 0.00000225. The van der Waals surface area contributed by atoms with Gasteiger partial charge in [0.2, 0.25) is 0 Å². The molecule has 3 aromatic rings. The van der Waals surface area contributed by atoms with Gasteiger partial charge in [-0.05, 0) is 18.6 Å². The topological polar surface area (TPSA) is 178 Å². The fraction of sp³-hybridized carbons (Fsp3) is 0.167. The number of fused-ring (bicyclic) bond motifs is 2. The summed E-state index contributed by atoms with van der Waals surface area (Å²) in [5.41, 5.74) is 4.41. The number of carbonyl (C=O) groups excluding carboxylic acids is 3. The Bertz CT molecular complexity index is 1220. The van der Waals surface area contributed by atoms with Gasteiger partial charge in [-0.2, -0.15) is 0 Å². The van der Waals surface area contributed by atoms with Crippen LogP contribution in [0.2, 0.25) is 0 Å². The molecule has 30 heavy (non-hydrogen) atoms. The number of rotatable bonds is 5. The molecule has 0 atom stereocenters. The van der Waals surface area contributed by atoms with E-state index in [9.17, 15) is 29.4 Å². The van der Waals surface area contributed by atoms with E-state index >= 15 is 0 Å². The number of pyridine rings is 1. The number of primary amides is 1. The van der Waals surface area contributed by atoms with Crippen LogP contribution in [-0.4, -0.2) is 23.0 Å². The number of aryl methyl sites for hydroxylation is 1. The molecule has 1 aromatic carbocycles. The number of carboxylic acid groups (broad SMARTS) is 2. The maximum absolute atomic E-state index is 12.4. The number of hydrogen-bond acceptors (Lipinski definition) is 8. The molecular formula is C18H13N3Na2O7. The van der Waals surface area contributed by atoms with Crippen molar-refractivity contribution < 1.29 is 88.1 Å². The molecule has 12 heteroatoms. The summed E-state index contributed by atoms with van der Waals surface area (Å²) < 4.78 is 5.34. The summed E-state index contributed by atoms with van der Waals surface area (Å²) in [5.74, 6) is -3.93. The van der Waals surface area contributed by atoms with Crippen LogP contribution in [0.4, 0.5) is 10.5 Å². The number of nitrogens with one attached hydrogen (secondary N) is 1. The van der Waals surface area contributed by atoms with Crippen molar-refractivity contribution in [1.82, 2.24) is 4.98 Å². The number of nitrogens with zero attached hydrogens (tertiary/aromatic N) is 1. The Morgan fingerprint density at radius 3 is 2.30 bits per heavy atom. The number of amides is 2. The monoisotopic (exact) mass is 429 g/mol. The maximum atomic E-state index is 12.4. The second-order valence-electron chi connectivity index (χ2n) is 5.97. The zero-order valence-corrected chi connectivity index (χ0v) is 20.5. The number of benzene rings is 1. The summed E-state index contributed by atoms with van der Waals surface area (Å²) in [6.07, 6.45) is 0.829. The number of carbonyl (C=O) groups is 3. The zero-order chi connectivity index (χ0) is 20.6. The van der Waals surface area contributed by atoms with Gasteiger partial charge in [0, 0.05) is 17.0 Å². The van der Waals surface area contributed by atoms with E-state index in [1.807, 2.05) is 6.92 Å². The predicted octanol–water partition coefficient (Wildman–Crippen LogP) is -6.48. The van der Waals surface area contributed by atoms with Crippen LogP contribution in [0, 0.1) is 0 Å². The second kappa shape index (κ2) is 10.4. The number of hydrogen-bond donors (Lipinski definition) is 2. The summed E-state index contributed by atoms with van der Waals surface area (Å²) >= 11 is 0. The van der Waals surface area contributed by atoms with E-state index in [0.29, 0.717) is 12.0 Å². The van der Waals surface area contributed by atoms with Crippen LogP contribution in [0.5, 0.6) is 0 Å².